The van der Waals surface area contributed by atoms with Crippen LogP contribution >= 0.6 is 0 Å². The molecular weight excluding hydrogens is 357 g/mol. The van der Waals surface area contributed by atoms with Crippen molar-refractivity contribution in [3.05, 3.63) is 47.8 Å². The van der Waals surface area contributed by atoms with Gasteiger partial charge in [-0.25, -0.2) is 4.68 Å². The first-order valence-corrected chi connectivity index (χ1v) is 8.80. The Labute approximate surface area is 154 Å². The number of hydrogen-bond acceptors (Lipinski definition) is 4. The number of benzene rings is 1. The molecule has 0 spiro atoms. The Bertz CT molecular complexity index is 897. The van der Waals surface area contributed by atoms with Crippen molar-refractivity contribution < 1.29 is 18.0 Å². The van der Waals surface area contributed by atoms with Gasteiger partial charge < -0.3 is 4.90 Å². The predicted molar refractivity (Wildman–Crippen MR) is 89.9 cm³/mol. The molecule has 0 unspecified atom stereocenters. The summed E-state index contributed by atoms with van der Waals surface area (Å²) in [5.74, 6) is 0.185. The van der Waals surface area contributed by atoms with E-state index in [1.807, 2.05) is 4.90 Å². The maximum atomic E-state index is 12.7. The third kappa shape index (κ3) is 3.18. The number of carbonyl (C=O) groups excluding carboxylic acids is 1. The van der Waals surface area contributed by atoms with E-state index in [2.05, 4.69) is 11.3 Å². The second-order valence-corrected chi connectivity index (χ2v) is 7.15. The first-order chi connectivity index (χ1) is 12.9. The molecule has 3 atom stereocenters. The van der Waals surface area contributed by atoms with Crippen molar-refractivity contribution in [2.75, 3.05) is 0 Å². The molecule has 2 aliphatic heterocycles. The van der Waals surface area contributed by atoms with Crippen LogP contribution in [-0.2, 0) is 6.18 Å². The lowest BCUT2D eigenvalue weighted by atomic mass is 9.84. The van der Waals surface area contributed by atoms with Crippen LogP contribution in [0.25, 0.3) is 5.69 Å². The molecule has 2 saturated heterocycles. The van der Waals surface area contributed by atoms with Crippen LogP contribution in [0.15, 0.2) is 36.7 Å². The molecule has 2 aliphatic rings. The van der Waals surface area contributed by atoms with Crippen molar-refractivity contribution in [3.63, 3.8) is 0 Å². The summed E-state index contributed by atoms with van der Waals surface area (Å²) in [6.45, 7) is 0. The van der Waals surface area contributed by atoms with Crippen molar-refractivity contribution in [2.24, 2.45) is 5.92 Å². The molecule has 27 heavy (non-hydrogen) atoms. The Morgan fingerprint density at radius 2 is 2.00 bits per heavy atom. The average Bonchev–Trinajstić information content (AvgIpc) is 3.35. The van der Waals surface area contributed by atoms with E-state index >= 15 is 0 Å². The maximum Gasteiger partial charge on any atom is 0.419 e. The second kappa shape index (κ2) is 6.41. The van der Waals surface area contributed by atoms with E-state index in [0.29, 0.717) is 17.7 Å². The lowest BCUT2D eigenvalue weighted by Gasteiger charge is -2.19. The quantitative estimate of drug-likeness (QED) is 0.603. The highest BCUT2D eigenvalue weighted by Gasteiger charge is 2.46. The maximum absolute atomic E-state index is 12.7. The molecule has 1 aromatic carbocycles. The van der Waals surface area contributed by atoms with Crippen LogP contribution in [0.4, 0.5) is 13.2 Å². The first-order valence-electron chi connectivity index (χ1n) is 8.80. The number of rotatable bonds is 4. The van der Waals surface area contributed by atoms with E-state index < -0.39 is 11.7 Å². The molecule has 0 N–H and O–H groups in total. The normalized spacial score (nSPS) is 24.2. The van der Waals surface area contributed by atoms with Gasteiger partial charge in [-0.15, -0.1) is 0 Å². The fourth-order valence-corrected chi connectivity index (χ4v) is 4.25. The van der Waals surface area contributed by atoms with Gasteiger partial charge in [-0.05, 0) is 49.4 Å². The number of alkyl halides is 3. The largest absolute Gasteiger partial charge is 0.419 e. The van der Waals surface area contributed by atoms with Crippen LogP contribution in [-0.4, -0.2) is 32.5 Å². The van der Waals surface area contributed by atoms with E-state index in [1.54, 1.807) is 24.3 Å². The Morgan fingerprint density at radius 1 is 1.26 bits per heavy atom. The molecule has 4 rings (SSSR count). The van der Waals surface area contributed by atoms with Crippen LogP contribution < -0.4 is 0 Å². The number of fused-ring (bicyclic) bond motifs is 2. The highest BCUT2D eigenvalue weighted by Crippen LogP contribution is 2.43. The van der Waals surface area contributed by atoms with Gasteiger partial charge in [0.05, 0.1) is 17.4 Å². The standard InChI is InChI=1S/C19H17F3N4O/c20-19(21,22)14-9-24-26(10-14)15-3-1-12(2-4-15)18(27)8-13-7-16-5-6-17(13)25(16)11-23/h1-4,9-10,13,16-17H,5-8H2/t13-,16-,17+/m1/s1. The zero-order valence-electron chi connectivity index (χ0n) is 14.4. The summed E-state index contributed by atoms with van der Waals surface area (Å²) in [5, 5.41) is 12.9. The minimum atomic E-state index is -4.44. The molecule has 140 valence electrons. The van der Waals surface area contributed by atoms with Crippen LogP contribution in [0.5, 0.6) is 0 Å². The van der Waals surface area contributed by atoms with E-state index in [-0.39, 0.29) is 23.8 Å². The van der Waals surface area contributed by atoms with Crippen LogP contribution in [0.1, 0.15) is 41.6 Å². The van der Waals surface area contributed by atoms with Gasteiger partial charge in [-0.3, -0.25) is 4.79 Å². The van der Waals surface area contributed by atoms with Crippen LogP contribution in [0, 0.1) is 17.4 Å². The van der Waals surface area contributed by atoms with E-state index in [9.17, 15) is 23.2 Å². The average molecular weight is 374 g/mol. The Kier molecular flexibility index (Phi) is 4.17. The summed E-state index contributed by atoms with van der Waals surface area (Å²) in [4.78, 5) is 14.4. The number of halogens is 3. The number of nitriles is 1. The number of aromatic nitrogens is 2. The third-order valence-corrected chi connectivity index (χ3v) is 5.59. The monoisotopic (exact) mass is 374 g/mol. The van der Waals surface area contributed by atoms with E-state index in [1.165, 1.54) is 0 Å². The van der Waals surface area contributed by atoms with Gasteiger partial charge in [-0.1, -0.05) is 0 Å². The summed E-state index contributed by atoms with van der Waals surface area (Å²) in [6.07, 6.45) is 2.72. The van der Waals surface area contributed by atoms with Crippen LogP contribution in [0.2, 0.25) is 0 Å². The fourth-order valence-electron chi connectivity index (χ4n) is 4.25. The smallest absolute Gasteiger partial charge is 0.304 e. The zero-order chi connectivity index (χ0) is 19.2. The second-order valence-electron chi connectivity index (χ2n) is 7.15. The topological polar surface area (TPSA) is 61.9 Å². The van der Waals surface area contributed by atoms with Gasteiger partial charge in [0.25, 0.3) is 0 Å². The van der Waals surface area contributed by atoms with Crippen LogP contribution in [0.3, 0.4) is 0 Å². The number of hydrogen-bond donors (Lipinski definition) is 0. The highest BCUT2D eigenvalue weighted by molar-refractivity contribution is 5.96. The summed E-state index contributed by atoms with van der Waals surface area (Å²) in [6, 6.07) is 6.82. The molecule has 0 radical (unpaired) electrons. The minimum absolute atomic E-state index is 0.00608. The summed E-state index contributed by atoms with van der Waals surface area (Å²) >= 11 is 0. The molecule has 3 heterocycles. The molecule has 2 fully saturated rings. The van der Waals surface area contributed by atoms with Crippen molar-refractivity contribution in [1.82, 2.24) is 14.7 Å². The molecule has 0 saturated carbocycles. The molecule has 5 nitrogen and oxygen atoms in total. The summed E-state index contributed by atoms with van der Waals surface area (Å²) in [5.41, 5.74) is 0.159. The van der Waals surface area contributed by atoms with Gasteiger partial charge >= 0.3 is 6.18 Å². The van der Waals surface area contributed by atoms with Crippen molar-refractivity contribution >= 4 is 5.78 Å². The molecule has 8 heteroatoms. The minimum Gasteiger partial charge on any atom is -0.304 e. The number of ketones is 1. The molecule has 2 bridgehead atoms. The van der Waals surface area contributed by atoms with E-state index in [4.69, 9.17) is 0 Å². The lowest BCUT2D eigenvalue weighted by molar-refractivity contribution is -0.137. The molecule has 0 aliphatic carbocycles. The molecule has 1 aromatic heterocycles. The van der Waals surface area contributed by atoms with Gasteiger partial charge in [0.1, 0.15) is 0 Å². The Hall–Kier alpha value is -2.82. The van der Waals surface area contributed by atoms with Gasteiger partial charge in [0.2, 0.25) is 0 Å². The Morgan fingerprint density at radius 3 is 2.59 bits per heavy atom. The Balaban J connectivity index is 1.44. The number of Topliss-reactive ketones (excluding diaryl/α,β-unsaturated/α-hetero) is 1. The summed E-state index contributed by atoms with van der Waals surface area (Å²) in [7, 11) is 0. The number of nitrogens with zero attached hydrogens (tertiary/aromatic N) is 4. The van der Waals surface area contributed by atoms with Gasteiger partial charge in [-0.2, -0.15) is 23.5 Å². The third-order valence-electron chi connectivity index (χ3n) is 5.59. The molecule has 0 amide bonds. The highest BCUT2D eigenvalue weighted by atomic mass is 19.4. The van der Waals surface area contributed by atoms with E-state index in [0.717, 1.165) is 36.3 Å². The van der Waals surface area contributed by atoms with Gasteiger partial charge in [0.15, 0.2) is 12.0 Å². The van der Waals surface area contributed by atoms with Crippen molar-refractivity contribution in [1.29, 1.82) is 5.26 Å². The fraction of sp³-hybridized carbons (Fsp3) is 0.421. The predicted octanol–water partition coefficient (Wildman–Crippen LogP) is 3.80. The molecule has 2 aromatic rings. The SMILES string of the molecule is N#CN1[C@@H]2CC[C@H]1[C@@H](CC(=O)c1ccc(-n3cc(C(F)(F)F)cn3)cc1)C2. The zero-order valence-corrected chi connectivity index (χ0v) is 14.4. The lowest BCUT2D eigenvalue weighted by Crippen LogP contribution is -2.26. The molecular formula is C19H17F3N4O. The first kappa shape index (κ1) is 17.6. The summed E-state index contributed by atoms with van der Waals surface area (Å²) < 4.78 is 39.2. The van der Waals surface area contributed by atoms with Gasteiger partial charge in [0, 0.05) is 30.3 Å². The van der Waals surface area contributed by atoms with Crippen molar-refractivity contribution in [2.45, 2.75) is 43.9 Å². The van der Waals surface area contributed by atoms with Crippen molar-refractivity contribution in [3.8, 4) is 11.9 Å². The number of carbonyl (C=O) groups is 1.